The Labute approximate surface area is 86.2 Å². The average Bonchev–Trinajstić information content (AvgIpc) is 2.21. The summed E-state index contributed by atoms with van der Waals surface area (Å²) in [5.74, 6) is 0.416. The Morgan fingerprint density at radius 3 is 2.71 bits per heavy atom. The van der Waals surface area contributed by atoms with Gasteiger partial charge in [0.05, 0.1) is 12.5 Å². The first kappa shape index (κ1) is 11.5. The van der Waals surface area contributed by atoms with Crippen molar-refractivity contribution in [2.24, 2.45) is 11.8 Å². The van der Waals surface area contributed by atoms with Gasteiger partial charge in [0.15, 0.2) is 0 Å². The summed E-state index contributed by atoms with van der Waals surface area (Å²) >= 11 is 0. The van der Waals surface area contributed by atoms with Gasteiger partial charge in [0.25, 0.3) is 0 Å². The molecule has 1 atom stereocenters. The molecule has 0 aromatic heterocycles. The molecule has 1 fully saturated rings. The minimum Gasteiger partial charge on any atom is -0.466 e. The van der Waals surface area contributed by atoms with Crippen LogP contribution in [0.25, 0.3) is 0 Å². The number of hydrogen-bond donors (Lipinski definition) is 1. The van der Waals surface area contributed by atoms with E-state index in [1.807, 2.05) is 6.92 Å². The van der Waals surface area contributed by atoms with Crippen molar-refractivity contribution in [1.29, 1.82) is 0 Å². The number of carbonyl (C=O) groups excluding carboxylic acids is 1. The molecule has 0 aromatic carbocycles. The van der Waals surface area contributed by atoms with Gasteiger partial charge in [0.1, 0.15) is 0 Å². The van der Waals surface area contributed by atoms with Crippen molar-refractivity contribution in [3.05, 3.63) is 6.92 Å². The van der Waals surface area contributed by atoms with Gasteiger partial charge < -0.3 is 10.1 Å². The van der Waals surface area contributed by atoms with Crippen molar-refractivity contribution >= 4 is 5.97 Å². The third-order valence-electron chi connectivity index (χ3n) is 2.85. The first-order chi connectivity index (χ1) is 6.79. The third kappa shape index (κ3) is 2.98. The van der Waals surface area contributed by atoms with Gasteiger partial charge in [-0.25, -0.2) is 0 Å². The molecule has 0 bridgehead atoms. The van der Waals surface area contributed by atoms with Crippen molar-refractivity contribution < 1.29 is 9.53 Å². The lowest BCUT2D eigenvalue weighted by Crippen LogP contribution is -2.35. The number of esters is 1. The summed E-state index contributed by atoms with van der Waals surface area (Å²) in [7, 11) is 0. The Kier molecular flexibility index (Phi) is 4.94. The van der Waals surface area contributed by atoms with Crippen molar-refractivity contribution in [3.63, 3.8) is 0 Å². The summed E-state index contributed by atoms with van der Waals surface area (Å²) in [5, 5.41) is 3.29. The average molecular weight is 198 g/mol. The molecule has 0 aromatic rings. The maximum atomic E-state index is 11.6. The standard InChI is InChI=1S/C11H20NO2/c1-3-10(11(13)14-4-2)9-5-7-12-8-6-9/h9-10,12H,1,3-8H2,2H3/t10-/m1/s1. The number of carbonyl (C=O) groups is 1. The fourth-order valence-electron chi connectivity index (χ4n) is 2.04. The van der Waals surface area contributed by atoms with Crippen LogP contribution in [0.3, 0.4) is 0 Å². The Morgan fingerprint density at radius 1 is 1.57 bits per heavy atom. The van der Waals surface area contributed by atoms with Gasteiger partial charge in [-0.15, -0.1) is 0 Å². The smallest absolute Gasteiger partial charge is 0.309 e. The van der Waals surface area contributed by atoms with Crippen LogP contribution in [0.1, 0.15) is 26.2 Å². The van der Waals surface area contributed by atoms with Gasteiger partial charge in [0, 0.05) is 0 Å². The molecule has 0 spiro atoms. The second kappa shape index (κ2) is 6.02. The quantitative estimate of drug-likeness (QED) is 0.694. The van der Waals surface area contributed by atoms with Crippen molar-refractivity contribution in [2.45, 2.75) is 26.2 Å². The van der Waals surface area contributed by atoms with Gasteiger partial charge in [-0.1, -0.05) is 6.92 Å². The summed E-state index contributed by atoms with van der Waals surface area (Å²) in [6, 6.07) is 0. The second-order valence-corrected chi connectivity index (χ2v) is 3.73. The highest BCUT2D eigenvalue weighted by Gasteiger charge is 2.28. The normalized spacial score (nSPS) is 20.4. The molecule has 1 aliphatic heterocycles. The Balaban J connectivity index is 2.46. The molecule has 1 saturated heterocycles. The van der Waals surface area contributed by atoms with E-state index in [0.29, 0.717) is 18.9 Å². The molecule has 1 N–H and O–H groups in total. The molecule has 3 nitrogen and oxygen atoms in total. The van der Waals surface area contributed by atoms with E-state index < -0.39 is 0 Å². The highest BCUT2D eigenvalue weighted by Crippen LogP contribution is 2.25. The summed E-state index contributed by atoms with van der Waals surface area (Å²) in [6.07, 6.45) is 2.79. The Morgan fingerprint density at radius 2 is 2.21 bits per heavy atom. The fourth-order valence-corrected chi connectivity index (χ4v) is 2.04. The maximum Gasteiger partial charge on any atom is 0.309 e. The van der Waals surface area contributed by atoms with Crippen LogP contribution in [0.5, 0.6) is 0 Å². The Bertz CT molecular complexity index is 176. The van der Waals surface area contributed by atoms with Crippen LogP contribution in [0.4, 0.5) is 0 Å². The summed E-state index contributed by atoms with van der Waals surface area (Å²) < 4.78 is 5.05. The predicted molar refractivity (Wildman–Crippen MR) is 55.7 cm³/mol. The molecule has 1 radical (unpaired) electrons. The van der Waals surface area contributed by atoms with Crippen LogP contribution in [-0.4, -0.2) is 25.7 Å². The number of nitrogens with one attached hydrogen (secondary N) is 1. The molecule has 1 heterocycles. The number of rotatable bonds is 4. The third-order valence-corrected chi connectivity index (χ3v) is 2.85. The minimum absolute atomic E-state index is 0.0112. The van der Waals surface area contributed by atoms with E-state index in [4.69, 9.17) is 4.74 Å². The van der Waals surface area contributed by atoms with Crippen LogP contribution >= 0.6 is 0 Å². The molecule has 1 aliphatic rings. The second-order valence-electron chi connectivity index (χ2n) is 3.73. The highest BCUT2D eigenvalue weighted by atomic mass is 16.5. The molecule has 3 heteroatoms. The molecule has 81 valence electrons. The van der Waals surface area contributed by atoms with E-state index in [-0.39, 0.29) is 11.9 Å². The topological polar surface area (TPSA) is 38.3 Å². The lowest BCUT2D eigenvalue weighted by molar-refractivity contribution is -0.150. The SMILES string of the molecule is [CH2]C[C@@H](C(=O)OCC)C1CCNCC1. The molecule has 14 heavy (non-hydrogen) atoms. The van der Waals surface area contributed by atoms with E-state index >= 15 is 0 Å². The van der Waals surface area contributed by atoms with Gasteiger partial charge in [-0.05, 0) is 45.2 Å². The monoisotopic (exact) mass is 198 g/mol. The van der Waals surface area contributed by atoms with Crippen LogP contribution in [0.2, 0.25) is 0 Å². The van der Waals surface area contributed by atoms with E-state index in [1.54, 1.807) is 0 Å². The predicted octanol–water partition coefficient (Wildman–Crippen LogP) is 1.39. The van der Waals surface area contributed by atoms with Gasteiger partial charge >= 0.3 is 5.97 Å². The van der Waals surface area contributed by atoms with E-state index in [2.05, 4.69) is 12.2 Å². The first-order valence-corrected chi connectivity index (χ1v) is 5.46. The van der Waals surface area contributed by atoms with Crippen LogP contribution in [-0.2, 0) is 9.53 Å². The molecule has 0 unspecified atom stereocenters. The molecular weight excluding hydrogens is 178 g/mol. The molecule has 1 rings (SSSR count). The summed E-state index contributed by atoms with van der Waals surface area (Å²) in [4.78, 5) is 11.6. The van der Waals surface area contributed by atoms with Crippen LogP contribution in [0.15, 0.2) is 0 Å². The first-order valence-electron chi connectivity index (χ1n) is 5.46. The zero-order valence-corrected chi connectivity index (χ0v) is 8.92. The highest BCUT2D eigenvalue weighted by molar-refractivity contribution is 5.72. The van der Waals surface area contributed by atoms with Crippen molar-refractivity contribution in [2.75, 3.05) is 19.7 Å². The lowest BCUT2D eigenvalue weighted by atomic mass is 9.83. The van der Waals surface area contributed by atoms with Gasteiger partial charge in [-0.3, -0.25) is 4.79 Å². The van der Waals surface area contributed by atoms with Crippen LogP contribution in [0, 0.1) is 18.8 Å². The van der Waals surface area contributed by atoms with E-state index in [0.717, 1.165) is 25.9 Å². The zero-order valence-electron chi connectivity index (χ0n) is 8.92. The van der Waals surface area contributed by atoms with Crippen LogP contribution < -0.4 is 5.32 Å². The van der Waals surface area contributed by atoms with Gasteiger partial charge in [-0.2, -0.15) is 0 Å². The minimum atomic E-state index is -0.0607. The number of hydrogen-bond acceptors (Lipinski definition) is 3. The van der Waals surface area contributed by atoms with Crippen molar-refractivity contribution in [3.8, 4) is 0 Å². The molecule has 0 amide bonds. The summed E-state index contributed by atoms with van der Waals surface area (Å²) in [5.41, 5.74) is 0. The van der Waals surface area contributed by atoms with E-state index in [9.17, 15) is 4.79 Å². The fraction of sp³-hybridized carbons (Fsp3) is 0.818. The number of ether oxygens (including phenoxy) is 1. The molecule has 0 aliphatic carbocycles. The number of piperidine rings is 1. The van der Waals surface area contributed by atoms with E-state index in [1.165, 1.54) is 0 Å². The van der Waals surface area contributed by atoms with Crippen molar-refractivity contribution in [1.82, 2.24) is 5.32 Å². The largest absolute Gasteiger partial charge is 0.466 e. The maximum absolute atomic E-state index is 11.6. The Hall–Kier alpha value is -0.570. The molecule has 0 saturated carbocycles. The summed E-state index contributed by atoms with van der Waals surface area (Å²) in [6.45, 7) is 8.19. The zero-order chi connectivity index (χ0) is 10.4. The lowest BCUT2D eigenvalue weighted by Gasteiger charge is -2.28. The molecular formula is C11H20NO2. The van der Waals surface area contributed by atoms with Gasteiger partial charge in [0.2, 0.25) is 0 Å².